The summed E-state index contributed by atoms with van der Waals surface area (Å²) in [7, 11) is -1.23. The summed E-state index contributed by atoms with van der Waals surface area (Å²) in [5, 5.41) is 9.45. The van der Waals surface area contributed by atoms with Crippen molar-refractivity contribution in [2.24, 2.45) is 0 Å². The molecule has 0 aliphatic carbocycles. The summed E-state index contributed by atoms with van der Waals surface area (Å²) < 4.78 is 28.4. The van der Waals surface area contributed by atoms with Gasteiger partial charge in [-0.3, -0.25) is 0 Å². The maximum Gasteiger partial charge on any atom is 0.123 e. The van der Waals surface area contributed by atoms with Crippen molar-refractivity contribution < 1.29 is 13.7 Å². The third-order valence-corrected chi connectivity index (χ3v) is 6.09. The van der Waals surface area contributed by atoms with Crippen LogP contribution >= 0.6 is 11.8 Å². The topological polar surface area (TPSA) is 49.3 Å². The van der Waals surface area contributed by atoms with Gasteiger partial charge >= 0.3 is 0 Å². The van der Waals surface area contributed by atoms with Crippen LogP contribution in [0.15, 0.2) is 52.3 Å². The van der Waals surface area contributed by atoms with Crippen molar-refractivity contribution >= 4 is 22.7 Å². The molecule has 0 amide bonds. The molecule has 2 aromatic carbocycles. The minimum absolute atomic E-state index is 0.0496. The van der Waals surface area contributed by atoms with Crippen LogP contribution in [0.25, 0.3) is 0 Å². The highest BCUT2D eigenvalue weighted by Gasteiger charge is 2.19. The molecule has 0 aromatic heterocycles. The first-order valence-electron chi connectivity index (χ1n) is 7.61. The van der Waals surface area contributed by atoms with Crippen molar-refractivity contribution in [2.45, 2.75) is 48.5 Å². The number of hydrogen-bond donors (Lipinski definition) is 2. The van der Waals surface area contributed by atoms with E-state index in [9.17, 15) is 13.7 Å². The first-order chi connectivity index (χ1) is 11.3. The van der Waals surface area contributed by atoms with Crippen molar-refractivity contribution in [3.05, 3.63) is 59.4 Å². The molecule has 3 nitrogen and oxygen atoms in total. The second-order valence-electron chi connectivity index (χ2n) is 6.32. The average molecular weight is 368 g/mol. The average Bonchev–Trinajstić information content (AvgIpc) is 2.54. The standard InChI is InChI=1S/C18H22FNO2S2/c1-18(2,3)24(22)20-11-14-10-15(19)8-9-17(14)23-16-7-5-4-6-13(16)12-21/h4-10,20-21H,11-12H2,1-3H3. The van der Waals surface area contributed by atoms with Crippen LogP contribution in [0.2, 0.25) is 0 Å². The predicted molar refractivity (Wildman–Crippen MR) is 97.6 cm³/mol. The number of halogens is 1. The monoisotopic (exact) mass is 367 g/mol. The fraction of sp³-hybridized carbons (Fsp3) is 0.333. The molecule has 0 saturated heterocycles. The summed E-state index contributed by atoms with van der Waals surface area (Å²) in [6.07, 6.45) is 0. The van der Waals surface area contributed by atoms with Gasteiger partial charge in [-0.05, 0) is 56.2 Å². The number of aliphatic hydroxyl groups excluding tert-OH is 1. The second-order valence-corrected chi connectivity index (χ2v) is 9.46. The highest BCUT2D eigenvalue weighted by Crippen LogP contribution is 2.33. The third-order valence-electron chi connectivity index (χ3n) is 3.34. The van der Waals surface area contributed by atoms with Gasteiger partial charge in [-0.2, -0.15) is 0 Å². The normalized spacial score (nSPS) is 13.0. The number of aliphatic hydroxyl groups is 1. The second kappa shape index (κ2) is 8.25. The minimum Gasteiger partial charge on any atom is -0.392 e. The van der Waals surface area contributed by atoms with E-state index in [1.54, 1.807) is 6.07 Å². The van der Waals surface area contributed by atoms with E-state index in [1.807, 2.05) is 45.0 Å². The van der Waals surface area contributed by atoms with Crippen LogP contribution in [0.3, 0.4) is 0 Å². The van der Waals surface area contributed by atoms with E-state index < -0.39 is 11.0 Å². The molecular formula is C18H22FNO2S2. The molecule has 2 N–H and O–H groups in total. The molecule has 0 heterocycles. The van der Waals surface area contributed by atoms with Crippen molar-refractivity contribution in [3.8, 4) is 0 Å². The third kappa shape index (κ3) is 5.14. The SMILES string of the molecule is CC(C)(C)S(=O)NCc1cc(F)ccc1Sc1ccccc1CO. The molecule has 1 atom stereocenters. The quantitative estimate of drug-likeness (QED) is 0.811. The van der Waals surface area contributed by atoms with Crippen LogP contribution in [-0.4, -0.2) is 14.1 Å². The maximum absolute atomic E-state index is 13.6. The highest BCUT2D eigenvalue weighted by molar-refractivity contribution is 7.99. The van der Waals surface area contributed by atoms with E-state index in [4.69, 9.17) is 0 Å². The van der Waals surface area contributed by atoms with Gasteiger partial charge in [0.25, 0.3) is 0 Å². The molecular weight excluding hydrogens is 345 g/mol. The largest absolute Gasteiger partial charge is 0.392 e. The maximum atomic E-state index is 13.6. The minimum atomic E-state index is -1.23. The molecule has 1 unspecified atom stereocenters. The van der Waals surface area contributed by atoms with Crippen LogP contribution in [0.4, 0.5) is 4.39 Å². The van der Waals surface area contributed by atoms with Crippen molar-refractivity contribution in [2.75, 3.05) is 0 Å². The first kappa shape index (κ1) is 19.1. The van der Waals surface area contributed by atoms with Gasteiger partial charge in [-0.25, -0.2) is 13.3 Å². The molecule has 0 spiro atoms. The van der Waals surface area contributed by atoms with Gasteiger partial charge < -0.3 is 5.11 Å². The molecule has 0 saturated carbocycles. The van der Waals surface area contributed by atoms with E-state index in [-0.39, 0.29) is 17.2 Å². The highest BCUT2D eigenvalue weighted by atomic mass is 32.2. The molecule has 0 radical (unpaired) electrons. The fourth-order valence-corrected chi connectivity index (χ4v) is 3.76. The Balaban J connectivity index is 2.23. The van der Waals surface area contributed by atoms with Crippen LogP contribution in [-0.2, 0) is 24.1 Å². The van der Waals surface area contributed by atoms with E-state index in [1.165, 1.54) is 23.9 Å². The zero-order valence-corrected chi connectivity index (χ0v) is 15.6. The Labute approximate surface area is 149 Å². The van der Waals surface area contributed by atoms with Gasteiger partial charge in [0.2, 0.25) is 0 Å². The number of hydrogen-bond acceptors (Lipinski definition) is 3. The molecule has 0 bridgehead atoms. The van der Waals surface area contributed by atoms with Crippen LogP contribution < -0.4 is 4.72 Å². The predicted octanol–water partition coefficient (Wildman–Crippen LogP) is 4.02. The molecule has 24 heavy (non-hydrogen) atoms. The van der Waals surface area contributed by atoms with Gasteiger partial charge in [0.05, 0.1) is 22.3 Å². The summed E-state index contributed by atoms with van der Waals surface area (Å²) in [5.74, 6) is -0.326. The van der Waals surface area contributed by atoms with E-state index >= 15 is 0 Å². The fourth-order valence-electron chi connectivity index (χ4n) is 2.00. The summed E-state index contributed by atoms with van der Waals surface area (Å²) in [4.78, 5) is 1.79. The molecule has 2 aromatic rings. The molecule has 0 fully saturated rings. The summed E-state index contributed by atoms with van der Waals surface area (Å²) in [6.45, 7) is 5.91. The Morgan fingerprint density at radius 1 is 1.12 bits per heavy atom. The van der Waals surface area contributed by atoms with Gasteiger partial charge in [0.15, 0.2) is 0 Å². The molecule has 130 valence electrons. The number of rotatable bonds is 6. The molecule has 2 rings (SSSR count). The summed E-state index contributed by atoms with van der Waals surface area (Å²) in [5.41, 5.74) is 1.56. The zero-order valence-electron chi connectivity index (χ0n) is 14.0. The summed E-state index contributed by atoms with van der Waals surface area (Å²) in [6, 6.07) is 12.1. The van der Waals surface area contributed by atoms with Crippen molar-refractivity contribution in [1.82, 2.24) is 4.72 Å². The Morgan fingerprint density at radius 2 is 1.79 bits per heavy atom. The van der Waals surface area contributed by atoms with Crippen molar-refractivity contribution in [1.29, 1.82) is 0 Å². The lowest BCUT2D eigenvalue weighted by atomic mass is 10.2. The van der Waals surface area contributed by atoms with Gasteiger partial charge in [-0.1, -0.05) is 30.0 Å². The van der Waals surface area contributed by atoms with Gasteiger partial charge in [-0.15, -0.1) is 0 Å². The number of nitrogens with one attached hydrogen (secondary N) is 1. The zero-order chi connectivity index (χ0) is 17.7. The lowest BCUT2D eigenvalue weighted by Gasteiger charge is -2.19. The smallest absolute Gasteiger partial charge is 0.123 e. The molecule has 6 heteroatoms. The van der Waals surface area contributed by atoms with E-state index in [0.717, 1.165) is 20.9 Å². The van der Waals surface area contributed by atoms with Crippen LogP contribution in [0.5, 0.6) is 0 Å². The van der Waals surface area contributed by atoms with E-state index in [2.05, 4.69) is 4.72 Å². The Morgan fingerprint density at radius 3 is 2.46 bits per heavy atom. The Kier molecular flexibility index (Phi) is 6.57. The van der Waals surface area contributed by atoms with Gasteiger partial charge in [0.1, 0.15) is 5.82 Å². The molecule has 0 aliphatic rings. The van der Waals surface area contributed by atoms with E-state index in [0.29, 0.717) is 6.54 Å². The van der Waals surface area contributed by atoms with Crippen molar-refractivity contribution in [3.63, 3.8) is 0 Å². The Bertz CT molecular complexity index is 729. The van der Waals surface area contributed by atoms with Crippen LogP contribution in [0.1, 0.15) is 31.9 Å². The van der Waals surface area contributed by atoms with Gasteiger partial charge in [0, 0.05) is 16.3 Å². The Hall–Kier alpha value is -1.21. The number of benzene rings is 2. The first-order valence-corrected chi connectivity index (χ1v) is 9.58. The van der Waals surface area contributed by atoms with Crippen LogP contribution in [0, 0.1) is 5.82 Å². The molecule has 0 aliphatic heterocycles. The lowest BCUT2D eigenvalue weighted by molar-refractivity contribution is 0.279. The summed E-state index contributed by atoms with van der Waals surface area (Å²) >= 11 is 1.47. The lowest BCUT2D eigenvalue weighted by Crippen LogP contribution is -2.33.